The summed E-state index contributed by atoms with van der Waals surface area (Å²) in [6.07, 6.45) is -0.251. The van der Waals surface area contributed by atoms with Gasteiger partial charge >= 0.3 is 5.97 Å². The highest BCUT2D eigenvalue weighted by Gasteiger charge is 2.12. The summed E-state index contributed by atoms with van der Waals surface area (Å²) in [5.41, 5.74) is 5.88. The molecule has 0 fully saturated rings. The van der Waals surface area contributed by atoms with Crippen LogP contribution in [-0.2, 0) is 9.53 Å². The average molecular weight is 157 g/mol. The predicted molar refractivity (Wildman–Crippen MR) is 44.0 cm³/mol. The SMILES string of the molecule is C=C(C)C(=O)OC(C)C(C)N. The Morgan fingerprint density at radius 3 is 2.27 bits per heavy atom. The van der Waals surface area contributed by atoms with Crippen molar-refractivity contribution in [2.45, 2.75) is 32.9 Å². The van der Waals surface area contributed by atoms with Crippen molar-refractivity contribution in [2.75, 3.05) is 0 Å². The van der Waals surface area contributed by atoms with Crippen LogP contribution in [0.5, 0.6) is 0 Å². The molecule has 2 atom stereocenters. The molecule has 0 saturated carbocycles. The van der Waals surface area contributed by atoms with Crippen LogP contribution in [0.2, 0.25) is 0 Å². The van der Waals surface area contributed by atoms with Crippen LogP contribution in [0.15, 0.2) is 12.2 Å². The molecule has 3 heteroatoms. The van der Waals surface area contributed by atoms with E-state index in [0.29, 0.717) is 5.57 Å². The second-order valence-electron chi connectivity index (χ2n) is 2.75. The summed E-state index contributed by atoms with van der Waals surface area (Å²) in [6, 6.07) is -0.140. The zero-order chi connectivity index (χ0) is 9.02. The first-order chi connectivity index (χ1) is 4.95. The minimum absolute atomic E-state index is 0.140. The van der Waals surface area contributed by atoms with E-state index in [4.69, 9.17) is 10.5 Å². The van der Waals surface area contributed by atoms with E-state index in [0.717, 1.165) is 0 Å². The van der Waals surface area contributed by atoms with Crippen molar-refractivity contribution in [3.05, 3.63) is 12.2 Å². The molecule has 64 valence electrons. The Morgan fingerprint density at radius 2 is 2.00 bits per heavy atom. The molecule has 0 aliphatic heterocycles. The third kappa shape index (κ3) is 3.78. The lowest BCUT2D eigenvalue weighted by Gasteiger charge is -2.16. The summed E-state index contributed by atoms with van der Waals surface area (Å²) in [4.78, 5) is 10.9. The summed E-state index contributed by atoms with van der Waals surface area (Å²) >= 11 is 0. The van der Waals surface area contributed by atoms with Gasteiger partial charge in [-0.1, -0.05) is 6.58 Å². The minimum atomic E-state index is -0.380. The standard InChI is InChI=1S/C8H15NO2/c1-5(2)8(10)11-7(4)6(3)9/h6-7H,1,9H2,2-4H3. The van der Waals surface area contributed by atoms with Crippen molar-refractivity contribution >= 4 is 5.97 Å². The van der Waals surface area contributed by atoms with Gasteiger partial charge in [-0.2, -0.15) is 0 Å². The van der Waals surface area contributed by atoms with Gasteiger partial charge in [-0.05, 0) is 20.8 Å². The van der Waals surface area contributed by atoms with Crippen molar-refractivity contribution in [1.82, 2.24) is 0 Å². The third-order valence-corrected chi connectivity index (χ3v) is 1.38. The first kappa shape index (κ1) is 10.2. The molecule has 0 rings (SSSR count). The summed E-state index contributed by atoms with van der Waals surface area (Å²) in [6.45, 7) is 8.60. The maximum absolute atomic E-state index is 10.9. The van der Waals surface area contributed by atoms with Gasteiger partial charge in [0.1, 0.15) is 6.10 Å². The van der Waals surface area contributed by atoms with Crippen LogP contribution in [-0.4, -0.2) is 18.1 Å². The van der Waals surface area contributed by atoms with Crippen LogP contribution in [0.25, 0.3) is 0 Å². The molecule has 0 aromatic heterocycles. The van der Waals surface area contributed by atoms with Crippen molar-refractivity contribution in [2.24, 2.45) is 5.73 Å². The van der Waals surface area contributed by atoms with Gasteiger partial charge < -0.3 is 10.5 Å². The van der Waals surface area contributed by atoms with Crippen molar-refractivity contribution in [1.29, 1.82) is 0 Å². The molecule has 0 radical (unpaired) electrons. The quantitative estimate of drug-likeness (QED) is 0.488. The number of hydrogen-bond donors (Lipinski definition) is 1. The van der Waals surface area contributed by atoms with E-state index in [9.17, 15) is 4.79 Å². The van der Waals surface area contributed by atoms with Gasteiger partial charge in [0, 0.05) is 11.6 Å². The van der Waals surface area contributed by atoms with Crippen LogP contribution in [0.1, 0.15) is 20.8 Å². The van der Waals surface area contributed by atoms with Gasteiger partial charge in [0.15, 0.2) is 0 Å². The second-order valence-corrected chi connectivity index (χ2v) is 2.75. The Balaban J connectivity index is 3.85. The fourth-order valence-corrected chi connectivity index (χ4v) is 0.377. The van der Waals surface area contributed by atoms with Gasteiger partial charge in [0.05, 0.1) is 0 Å². The van der Waals surface area contributed by atoms with Crippen molar-refractivity contribution in [3.63, 3.8) is 0 Å². The fraction of sp³-hybridized carbons (Fsp3) is 0.625. The van der Waals surface area contributed by atoms with Crippen LogP contribution in [0, 0.1) is 0 Å². The Labute approximate surface area is 67.2 Å². The predicted octanol–water partition coefficient (Wildman–Crippen LogP) is 0.841. The average Bonchev–Trinajstić information content (AvgIpc) is 1.87. The maximum Gasteiger partial charge on any atom is 0.333 e. The van der Waals surface area contributed by atoms with Gasteiger partial charge in [0.25, 0.3) is 0 Å². The topological polar surface area (TPSA) is 52.3 Å². The van der Waals surface area contributed by atoms with Gasteiger partial charge in [-0.3, -0.25) is 0 Å². The van der Waals surface area contributed by atoms with Crippen LogP contribution in [0.3, 0.4) is 0 Å². The van der Waals surface area contributed by atoms with Crippen molar-refractivity contribution < 1.29 is 9.53 Å². The van der Waals surface area contributed by atoms with E-state index in [-0.39, 0.29) is 18.1 Å². The smallest absolute Gasteiger partial charge is 0.333 e. The molecule has 2 N–H and O–H groups in total. The van der Waals surface area contributed by atoms with E-state index >= 15 is 0 Å². The van der Waals surface area contributed by atoms with Crippen LogP contribution < -0.4 is 5.73 Å². The summed E-state index contributed by atoms with van der Waals surface area (Å²) < 4.78 is 4.91. The molecular formula is C8H15NO2. The highest BCUT2D eigenvalue weighted by molar-refractivity contribution is 5.87. The zero-order valence-corrected chi connectivity index (χ0v) is 7.26. The molecule has 0 aliphatic rings. The highest BCUT2D eigenvalue weighted by Crippen LogP contribution is 2.00. The Bertz CT molecular complexity index is 163. The molecular weight excluding hydrogens is 142 g/mol. The fourth-order valence-electron chi connectivity index (χ4n) is 0.377. The Morgan fingerprint density at radius 1 is 1.55 bits per heavy atom. The lowest BCUT2D eigenvalue weighted by Crippen LogP contribution is -2.33. The molecule has 0 aromatic carbocycles. The lowest BCUT2D eigenvalue weighted by molar-refractivity contribution is -0.144. The Hall–Kier alpha value is -0.830. The van der Waals surface area contributed by atoms with E-state index in [2.05, 4.69) is 6.58 Å². The molecule has 0 saturated heterocycles. The molecule has 0 heterocycles. The maximum atomic E-state index is 10.9. The molecule has 11 heavy (non-hydrogen) atoms. The van der Waals surface area contributed by atoms with Gasteiger partial charge in [-0.15, -0.1) is 0 Å². The second kappa shape index (κ2) is 4.13. The Kier molecular flexibility index (Phi) is 3.82. The minimum Gasteiger partial charge on any atom is -0.458 e. The first-order valence-corrected chi connectivity index (χ1v) is 3.57. The molecule has 0 bridgehead atoms. The van der Waals surface area contributed by atoms with Crippen LogP contribution >= 0.6 is 0 Å². The molecule has 3 nitrogen and oxygen atoms in total. The molecule has 2 unspecified atom stereocenters. The molecule has 0 aromatic rings. The normalized spacial score (nSPS) is 15.3. The summed E-state index contributed by atoms with van der Waals surface area (Å²) in [5, 5.41) is 0. The highest BCUT2D eigenvalue weighted by atomic mass is 16.5. The van der Waals surface area contributed by atoms with Crippen molar-refractivity contribution in [3.8, 4) is 0 Å². The first-order valence-electron chi connectivity index (χ1n) is 3.57. The number of hydrogen-bond acceptors (Lipinski definition) is 3. The van der Waals surface area contributed by atoms with Gasteiger partial charge in [-0.25, -0.2) is 4.79 Å². The van der Waals surface area contributed by atoms with Crippen LogP contribution in [0.4, 0.5) is 0 Å². The van der Waals surface area contributed by atoms with E-state index in [1.165, 1.54) is 0 Å². The number of carbonyl (C=O) groups excluding carboxylic acids is 1. The number of esters is 1. The summed E-state index contributed by atoms with van der Waals surface area (Å²) in [7, 11) is 0. The molecule has 0 amide bonds. The van der Waals surface area contributed by atoms with E-state index in [1.807, 2.05) is 0 Å². The van der Waals surface area contributed by atoms with E-state index < -0.39 is 0 Å². The zero-order valence-electron chi connectivity index (χ0n) is 7.26. The number of rotatable bonds is 3. The third-order valence-electron chi connectivity index (χ3n) is 1.38. The monoisotopic (exact) mass is 157 g/mol. The largest absolute Gasteiger partial charge is 0.458 e. The number of ether oxygens (including phenoxy) is 1. The van der Waals surface area contributed by atoms with E-state index in [1.54, 1.807) is 20.8 Å². The number of carbonyl (C=O) groups is 1. The number of nitrogens with two attached hydrogens (primary N) is 1. The molecule has 0 spiro atoms. The summed E-state index contributed by atoms with van der Waals surface area (Å²) in [5.74, 6) is -0.380. The van der Waals surface area contributed by atoms with Gasteiger partial charge in [0.2, 0.25) is 0 Å². The lowest BCUT2D eigenvalue weighted by atomic mass is 10.2. The molecule has 0 aliphatic carbocycles.